The molecule has 0 aliphatic carbocycles. The van der Waals surface area contributed by atoms with Crippen LogP contribution in [0.3, 0.4) is 0 Å². The molecule has 10 heteroatoms. The highest BCUT2D eigenvalue weighted by Gasteiger charge is 2.53. The summed E-state index contributed by atoms with van der Waals surface area (Å²) in [5.74, 6) is 1.53. The van der Waals surface area contributed by atoms with E-state index in [1.54, 1.807) is 7.11 Å². The van der Waals surface area contributed by atoms with Crippen LogP contribution in [0.4, 0.5) is 0 Å². The second kappa shape index (κ2) is 15.5. The minimum Gasteiger partial charge on any atom is -0.497 e. The van der Waals surface area contributed by atoms with Crippen molar-refractivity contribution in [3.63, 3.8) is 0 Å². The van der Waals surface area contributed by atoms with Gasteiger partial charge in [0.05, 0.1) is 13.7 Å². The van der Waals surface area contributed by atoms with Crippen LogP contribution in [0, 0.1) is 0 Å². The SMILES string of the molecule is COc1ccc(CCNNC(=O)[C@@]2(Cc3ccc(Br)cc3)N=C(c3ccc(OCCCO)cc3)O[C@H]2c2ccccc2Br)cc1. The monoisotopic (exact) mass is 735 g/mol. The van der Waals surface area contributed by atoms with Crippen molar-refractivity contribution >= 4 is 43.7 Å². The minimum absolute atomic E-state index is 0.0675. The number of nitrogens with zero attached hydrogens (tertiary/aromatic N) is 1. The summed E-state index contributed by atoms with van der Waals surface area (Å²) in [7, 11) is 1.64. The highest BCUT2D eigenvalue weighted by molar-refractivity contribution is 9.10. The fourth-order valence-corrected chi connectivity index (χ4v) is 5.87. The zero-order valence-corrected chi connectivity index (χ0v) is 28.0. The predicted molar refractivity (Wildman–Crippen MR) is 182 cm³/mol. The molecule has 5 rings (SSSR count). The quantitative estimate of drug-likeness (QED) is 0.103. The van der Waals surface area contributed by atoms with E-state index in [1.807, 2.05) is 97.1 Å². The Morgan fingerprint density at radius 1 is 0.933 bits per heavy atom. The van der Waals surface area contributed by atoms with Crippen molar-refractivity contribution in [3.8, 4) is 11.5 Å². The molecule has 45 heavy (non-hydrogen) atoms. The molecule has 0 fully saturated rings. The molecule has 0 saturated heterocycles. The van der Waals surface area contributed by atoms with Crippen LogP contribution in [-0.2, 0) is 22.4 Å². The number of aliphatic hydroxyl groups is 1. The van der Waals surface area contributed by atoms with Crippen LogP contribution in [0.25, 0.3) is 0 Å². The molecule has 3 N–H and O–H groups in total. The zero-order valence-electron chi connectivity index (χ0n) is 24.8. The van der Waals surface area contributed by atoms with Crippen LogP contribution in [0.1, 0.15) is 34.8 Å². The molecule has 4 aromatic carbocycles. The molecule has 0 saturated carbocycles. The normalized spacial score (nSPS) is 17.3. The molecule has 1 aliphatic heterocycles. The summed E-state index contributed by atoms with van der Waals surface area (Å²) in [6.45, 7) is 0.999. The predicted octanol–water partition coefficient (Wildman–Crippen LogP) is 6.34. The van der Waals surface area contributed by atoms with E-state index in [4.69, 9.17) is 24.3 Å². The number of rotatable bonds is 14. The van der Waals surface area contributed by atoms with Crippen LogP contribution in [0.5, 0.6) is 11.5 Å². The minimum atomic E-state index is -1.34. The molecule has 1 amide bonds. The third kappa shape index (κ3) is 8.12. The number of carbonyl (C=O) groups excluding carboxylic acids is 1. The first-order chi connectivity index (χ1) is 21.9. The van der Waals surface area contributed by atoms with Crippen molar-refractivity contribution in [1.82, 2.24) is 10.9 Å². The molecule has 1 heterocycles. The summed E-state index contributed by atoms with van der Waals surface area (Å²) in [5, 5.41) is 9.06. The summed E-state index contributed by atoms with van der Waals surface area (Å²) in [4.78, 5) is 19.5. The van der Waals surface area contributed by atoms with Crippen LogP contribution in [0.2, 0.25) is 0 Å². The van der Waals surface area contributed by atoms with Gasteiger partial charge in [0, 0.05) is 46.1 Å². The summed E-state index contributed by atoms with van der Waals surface area (Å²) in [5.41, 5.74) is 8.32. The van der Waals surface area contributed by atoms with Crippen LogP contribution < -0.4 is 20.3 Å². The molecule has 0 unspecified atom stereocenters. The van der Waals surface area contributed by atoms with Crippen molar-refractivity contribution < 1.29 is 24.1 Å². The van der Waals surface area contributed by atoms with E-state index in [-0.39, 0.29) is 12.5 Å². The number of carbonyl (C=O) groups is 1. The van der Waals surface area contributed by atoms with Gasteiger partial charge in [0.15, 0.2) is 11.6 Å². The number of amides is 1. The number of aliphatic hydroxyl groups excluding tert-OH is 1. The fourth-order valence-electron chi connectivity index (χ4n) is 5.11. The third-order valence-electron chi connectivity index (χ3n) is 7.50. The highest BCUT2D eigenvalue weighted by Crippen LogP contribution is 2.44. The molecule has 4 aromatic rings. The fraction of sp³-hybridized carbons (Fsp3) is 0.257. The maximum Gasteiger partial charge on any atom is 0.266 e. The topological polar surface area (TPSA) is 101 Å². The van der Waals surface area contributed by atoms with E-state index in [1.165, 1.54) is 0 Å². The Kier molecular flexibility index (Phi) is 11.3. The molecular formula is C35H35Br2N3O5. The average Bonchev–Trinajstić information content (AvgIpc) is 3.45. The first-order valence-corrected chi connectivity index (χ1v) is 16.3. The number of methoxy groups -OCH3 is 1. The Bertz CT molecular complexity index is 1600. The van der Waals surface area contributed by atoms with Crippen molar-refractivity contribution in [2.24, 2.45) is 4.99 Å². The van der Waals surface area contributed by atoms with Gasteiger partial charge in [-0.1, -0.05) is 74.3 Å². The number of hydrazine groups is 1. The van der Waals surface area contributed by atoms with E-state index in [9.17, 15) is 4.79 Å². The van der Waals surface area contributed by atoms with Gasteiger partial charge < -0.3 is 19.3 Å². The lowest BCUT2D eigenvalue weighted by Crippen LogP contribution is -2.54. The van der Waals surface area contributed by atoms with E-state index < -0.39 is 11.6 Å². The summed E-state index contributed by atoms with van der Waals surface area (Å²) in [6, 6.07) is 30.9. The van der Waals surface area contributed by atoms with Crippen molar-refractivity contribution in [1.29, 1.82) is 0 Å². The third-order valence-corrected chi connectivity index (χ3v) is 8.75. The van der Waals surface area contributed by atoms with Gasteiger partial charge in [-0.15, -0.1) is 0 Å². The second-order valence-electron chi connectivity index (χ2n) is 10.6. The van der Waals surface area contributed by atoms with E-state index >= 15 is 0 Å². The van der Waals surface area contributed by atoms with Gasteiger partial charge in [0.2, 0.25) is 5.90 Å². The van der Waals surface area contributed by atoms with E-state index in [0.717, 1.165) is 36.9 Å². The van der Waals surface area contributed by atoms with Gasteiger partial charge >= 0.3 is 0 Å². The number of hydrogen-bond donors (Lipinski definition) is 3. The Hall–Kier alpha value is -3.70. The first kappa shape index (κ1) is 32.7. The van der Waals surface area contributed by atoms with E-state index in [2.05, 4.69) is 42.7 Å². The summed E-state index contributed by atoms with van der Waals surface area (Å²) >= 11 is 7.21. The second-order valence-corrected chi connectivity index (χ2v) is 12.4. The number of hydrogen-bond acceptors (Lipinski definition) is 7. The van der Waals surface area contributed by atoms with Crippen molar-refractivity contribution in [2.75, 3.05) is 26.9 Å². The molecule has 0 bridgehead atoms. The smallest absolute Gasteiger partial charge is 0.266 e. The Labute approximate surface area is 280 Å². The number of ether oxygens (including phenoxy) is 3. The number of benzene rings is 4. The zero-order chi connectivity index (χ0) is 31.6. The Morgan fingerprint density at radius 2 is 1.62 bits per heavy atom. The standard InChI is InChI=1S/C35H35Br2N3O5/c1-43-28-15-9-24(10-16-28)19-20-38-40-34(42)35(23-25-7-13-27(36)14-8-25)32(30-5-2-3-6-31(30)37)45-33(39-35)26-11-17-29(18-12-26)44-22-4-21-41/h2-3,5-18,32,38,41H,4,19-23H2,1H3,(H,40,42)/t32-,35-/m0/s1. The lowest BCUT2D eigenvalue weighted by atomic mass is 9.82. The molecule has 0 spiro atoms. The summed E-state index contributed by atoms with van der Waals surface area (Å²) in [6.07, 6.45) is 0.822. The van der Waals surface area contributed by atoms with Gasteiger partial charge in [-0.2, -0.15) is 0 Å². The average molecular weight is 737 g/mol. The van der Waals surface area contributed by atoms with Crippen LogP contribution in [-0.4, -0.2) is 49.3 Å². The van der Waals surface area contributed by atoms with Crippen LogP contribution in [0.15, 0.2) is 111 Å². The lowest BCUT2D eigenvalue weighted by molar-refractivity contribution is -0.130. The van der Waals surface area contributed by atoms with Crippen LogP contribution >= 0.6 is 31.9 Å². The Morgan fingerprint density at radius 3 is 2.31 bits per heavy atom. The Balaban J connectivity index is 1.46. The molecule has 0 radical (unpaired) electrons. The molecule has 2 atom stereocenters. The number of aliphatic imine (C=N–C) groups is 1. The number of nitrogens with one attached hydrogen (secondary N) is 2. The molecule has 1 aliphatic rings. The molecular weight excluding hydrogens is 702 g/mol. The van der Waals surface area contributed by atoms with E-state index in [0.29, 0.717) is 44.1 Å². The lowest BCUT2D eigenvalue weighted by Gasteiger charge is -2.31. The maximum absolute atomic E-state index is 14.4. The van der Waals surface area contributed by atoms with Crippen molar-refractivity contribution in [2.45, 2.75) is 30.9 Å². The van der Waals surface area contributed by atoms with Gasteiger partial charge in [-0.05, 0) is 72.1 Å². The van der Waals surface area contributed by atoms with Gasteiger partial charge in [-0.3, -0.25) is 10.2 Å². The first-order valence-electron chi connectivity index (χ1n) is 14.7. The largest absolute Gasteiger partial charge is 0.497 e. The maximum atomic E-state index is 14.4. The molecule has 0 aromatic heterocycles. The molecule has 234 valence electrons. The van der Waals surface area contributed by atoms with Gasteiger partial charge in [0.25, 0.3) is 5.91 Å². The molecule has 8 nitrogen and oxygen atoms in total. The summed E-state index contributed by atoms with van der Waals surface area (Å²) < 4.78 is 19.3. The van der Waals surface area contributed by atoms with Gasteiger partial charge in [0.1, 0.15) is 11.5 Å². The number of halogens is 2. The van der Waals surface area contributed by atoms with Crippen molar-refractivity contribution in [3.05, 3.63) is 128 Å². The highest BCUT2D eigenvalue weighted by atomic mass is 79.9. The van der Waals surface area contributed by atoms with Gasteiger partial charge in [-0.25, -0.2) is 10.4 Å².